The highest BCUT2D eigenvalue weighted by Crippen LogP contribution is 2.45. The number of hydrogen-bond donors (Lipinski definition) is 3. The molecule has 5 atom stereocenters. The smallest absolute Gasteiger partial charge is 0.462 e. The summed E-state index contributed by atoms with van der Waals surface area (Å²) in [5, 5.41) is 10.6. The Morgan fingerprint density at radius 2 is 0.551 bits per heavy atom. The fourth-order valence-corrected chi connectivity index (χ4v) is 13.2. The van der Waals surface area contributed by atoms with Crippen molar-refractivity contribution in [1.82, 2.24) is 0 Å². The first-order valence-electron chi connectivity index (χ1n) is 40.2. The zero-order valence-corrected chi connectivity index (χ0v) is 65.5. The highest BCUT2D eigenvalue weighted by Gasteiger charge is 2.30. The predicted octanol–water partition coefficient (Wildman–Crippen LogP) is 22.9. The van der Waals surface area contributed by atoms with Crippen LogP contribution in [0.4, 0.5) is 0 Å². The largest absolute Gasteiger partial charge is 0.472 e. The van der Waals surface area contributed by atoms with Crippen molar-refractivity contribution in [3.63, 3.8) is 0 Å². The maximum atomic E-state index is 13.1. The molecular formula is C79H150O17P2. The number of aliphatic hydroxyl groups excluding tert-OH is 1. The molecule has 0 aliphatic rings. The Balaban J connectivity index is 5.28. The molecule has 0 aromatic carbocycles. The highest BCUT2D eigenvalue weighted by atomic mass is 31.2. The quantitative estimate of drug-likeness (QED) is 0.0169. The average Bonchev–Trinajstić information content (AvgIpc) is 0.980. The van der Waals surface area contributed by atoms with Crippen LogP contribution in [0.5, 0.6) is 0 Å². The summed E-state index contributed by atoms with van der Waals surface area (Å²) in [7, 11) is -9.93. The zero-order valence-electron chi connectivity index (χ0n) is 63.7. The molecule has 19 heteroatoms. The first-order valence-corrected chi connectivity index (χ1v) is 43.2. The summed E-state index contributed by atoms with van der Waals surface area (Å²) in [6.07, 6.45) is 59.1. The van der Waals surface area contributed by atoms with Crippen LogP contribution in [0.15, 0.2) is 24.3 Å². The molecule has 0 fully saturated rings. The summed E-state index contributed by atoms with van der Waals surface area (Å²) in [6.45, 7) is 11.8. The van der Waals surface area contributed by atoms with Crippen molar-refractivity contribution >= 4 is 39.5 Å². The highest BCUT2D eigenvalue weighted by molar-refractivity contribution is 7.47. The number of ether oxygens (including phenoxy) is 4. The van der Waals surface area contributed by atoms with Crippen molar-refractivity contribution in [1.29, 1.82) is 0 Å². The maximum Gasteiger partial charge on any atom is 0.472 e. The lowest BCUT2D eigenvalue weighted by atomic mass is 10.0. The van der Waals surface area contributed by atoms with Gasteiger partial charge in [0.25, 0.3) is 0 Å². The fourth-order valence-electron chi connectivity index (χ4n) is 11.6. The molecule has 578 valence electrons. The Morgan fingerprint density at radius 1 is 0.316 bits per heavy atom. The van der Waals surface area contributed by atoms with E-state index in [1.165, 1.54) is 173 Å². The molecule has 0 aromatic heterocycles. The second-order valence-electron chi connectivity index (χ2n) is 29.2. The molecule has 0 spiro atoms. The molecule has 0 saturated heterocycles. The van der Waals surface area contributed by atoms with Gasteiger partial charge in [0.15, 0.2) is 12.2 Å². The molecule has 0 saturated carbocycles. The van der Waals surface area contributed by atoms with Crippen molar-refractivity contribution in [2.24, 2.45) is 17.8 Å². The second kappa shape index (κ2) is 68.9. The first-order chi connectivity index (χ1) is 47.2. The number of phosphoric acid groups is 2. The van der Waals surface area contributed by atoms with E-state index >= 15 is 0 Å². The Labute approximate surface area is 599 Å². The standard InChI is InChI=1S/C79H150O17P2/c1-8-9-10-11-12-13-14-15-16-22-28-33-40-48-55-62-79(84)96-75(67-90-77(82)61-54-47-42-35-38-45-52-59-72(6)7)69-94-98(87,88)92-65-73(80)64-91-97(85,86)93-68-74(66-89-76(81)60-53-46-39-32-27-24-19-21-26-31-37-44-51-58-71(4)5)95-78(83)63-56-49-41-34-29-23-18-17-20-25-30-36-43-50-57-70(2)3/h13-16,70-75,80H,8-12,17-69H2,1-7H3,(H,85,86)(H,87,88)/b14-13-,16-15-/t73?,74-,75-/m1/s1. The molecule has 0 amide bonds. The van der Waals surface area contributed by atoms with Gasteiger partial charge in [0.05, 0.1) is 26.4 Å². The average molecular weight is 1430 g/mol. The Hall–Kier alpha value is -2.46. The van der Waals surface area contributed by atoms with Crippen LogP contribution in [0.1, 0.15) is 382 Å². The maximum absolute atomic E-state index is 13.1. The lowest BCUT2D eigenvalue weighted by Crippen LogP contribution is -2.30. The minimum atomic E-state index is -4.97. The van der Waals surface area contributed by atoms with Gasteiger partial charge < -0.3 is 33.8 Å². The van der Waals surface area contributed by atoms with Crippen molar-refractivity contribution in [3.8, 4) is 0 Å². The topological polar surface area (TPSA) is 237 Å². The zero-order chi connectivity index (χ0) is 72.3. The van der Waals surface area contributed by atoms with Crippen LogP contribution < -0.4 is 0 Å². The molecule has 0 bridgehead atoms. The van der Waals surface area contributed by atoms with Crippen LogP contribution >= 0.6 is 15.6 Å². The number of carbonyl (C=O) groups excluding carboxylic acids is 4. The van der Waals surface area contributed by atoms with Crippen LogP contribution in [0.25, 0.3) is 0 Å². The fraction of sp³-hybridized carbons (Fsp3) is 0.899. The van der Waals surface area contributed by atoms with E-state index in [2.05, 4.69) is 72.8 Å². The van der Waals surface area contributed by atoms with Gasteiger partial charge in [-0.25, -0.2) is 9.13 Å². The second-order valence-corrected chi connectivity index (χ2v) is 32.1. The van der Waals surface area contributed by atoms with E-state index < -0.39 is 97.5 Å². The lowest BCUT2D eigenvalue weighted by Gasteiger charge is -2.21. The van der Waals surface area contributed by atoms with E-state index in [1.54, 1.807) is 0 Å². The monoisotopic (exact) mass is 1430 g/mol. The molecule has 17 nitrogen and oxygen atoms in total. The number of allylic oxidation sites excluding steroid dienone is 4. The van der Waals surface area contributed by atoms with Crippen LogP contribution in [-0.4, -0.2) is 96.7 Å². The normalized spacial score (nSPS) is 14.2. The van der Waals surface area contributed by atoms with Gasteiger partial charge in [-0.2, -0.15) is 0 Å². The third kappa shape index (κ3) is 71.9. The van der Waals surface area contributed by atoms with E-state index in [0.717, 1.165) is 121 Å². The van der Waals surface area contributed by atoms with Crippen LogP contribution in [-0.2, 0) is 65.4 Å². The van der Waals surface area contributed by atoms with Gasteiger partial charge in [-0.05, 0) is 69.1 Å². The SMILES string of the molecule is CCCCCC/C=C\C=C/CCCCCCCC(=O)O[C@H](COC(=O)CCCCCCCCCC(C)C)COP(=O)(O)OCC(O)COP(=O)(O)OC[C@@H](COC(=O)CCCCCCCCCCCCCCCC(C)C)OC(=O)CCCCCCCCCCCCCCCCC(C)C. The minimum absolute atomic E-state index is 0.0841. The number of phosphoric ester groups is 2. The molecule has 0 aliphatic heterocycles. The van der Waals surface area contributed by atoms with Gasteiger partial charge in [0.1, 0.15) is 19.3 Å². The summed E-state index contributed by atoms with van der Waals surface area (Å²) in [4.78, 5) is 72.9. The van der Waals surface area contributed by atoms with Gasteiger partial charge >= 0.3 is 39.5 Å². The summed E-state index contributed by atoms with van der Waals surface area (Å²) in [5.41, 5.74) is 0. The Kier molecular flexibility index (Phi) is 67.2. The molecular weight excluding hydrogens is 1280 g/mol. The van der Waals surface area contributed by atoms with Crippen molar-refractivity contribution < 1.29 is 80.2 Å². The molecule has 0 aliphatic carbocycles. The van der Waals surface area contributed by atoms with E-state index in [-0.39, 0.29) is 25.7 Å². The molecule has 0 aromatic rings. The number of rotatable bonds is 75. The van der Waals surface area contributed by atoms with Crippen molar-refractivity contribution in [2.45, 2.75) is 401 Å². The van der Waals surface area contributed by atoms with Crippen molar-refractivity contribution in [3.05, 3.63) is 24.3 Å². The van der Waals surface area contributed by atoms with Gasteiger partial charge in [0.2, 0.25) is 0 Å². The molecule has 3 unspecified atom stereocenters. The lowest BCUT2D eigenvalue weighted by molar-refractivity contribution is -0.161. The van der Waals surface area contributed by atoms with E-state index in [0.29, 0.717) is 31.6 Å². The summed E-state index contributed by atoms with van der Waals surface area (Å²) < 4.78 is 68.6. The third-order valence-corrected chi connectivity index (χ3v) is 19.7. The Morgan fingerprint density at radius 3 is 0.827 bits per heavy atom. The number of aliphatic hydroxyl groups is 1. The number of unbranched alkanes of at least 4 members (excludes halogenated alkanes) is 40. The Bertz CT molecular complexity index is 2000. The molecule has 0 rings (SSSR count). The number of carbonyl (C=O) groups is 4. The molecule has 98 heavy (non-hydrogen) atoms. The van der Waals surface area contributed by atoms with E-state index in [9.17, 15) is 43.2 Å². The van der Waals surface area contributed by atoms with E-state index in [4.69, 9.17) is 37.0 Å². The summed E-state index contributed by atoms with van der Waals surface area (Å²) in [5.74, 6) is 0.140. The first kappa shape index (κ1) is 95.5. The molecule has 0 radical (unpaired) electrons. The minimum Gasteiger partial charge on any atom is -0.462 e. The number of hydrogen-bond acceptors (Lipinski definition) is 15. The van der Waals surface area contributed by atoms with Crippen molar-refractivity contribution in [2.75, 3.05) is 39.6 Å². The van der Waals surface area contributed by atoms with Gasteiger partial charge in [-0.1, -0.05) is 330 Å². The van der Waals surface area contributed by atoms with Crippen LogP contribution in [0.2, 0.25) is 0 Å². The third-order valence-electron chi connectivity index (χ3n) is 17.8. The molecule has 3 N–H and O–H groups in total. The predicted molar refractivity (Wildman–Crippen MR) is 400 cm³/mol. The van der Waals surface area contributed by atoms with E-state index in [1.807, 2.05) is 0 Å². The van der Waals surface area contributed by atoms with Gasteiger partial charge in [-0.3, -0.25) is 37.3 Å². The summed E-state index contributed by atoms with van der Waals surface area (Å²) >= 11 is 0. The molecule has 0 heterocycles. The van der Waals surface area contributed by atoms with Crippen LogP contribution in [0.3, 0.4) is 0 Å². The summed E-state index contributed by atoms with van der Waals surface area (Å²) in [6, 6.07) is 0. The number of esters is 4. The van der Waals surface area contributed by atoms with Gasteiger partial charge in [0, 0.05) is 25.7 Å². The van der Waals surface area contributed by atoms with Gasteiger partial charge in [-0.15, -0.1) is 0 Å². The van der Waals surface area contributed by atoms with Crippen LogP contribution in [0, 0.1) is 17.8 Å².